The summed E-state index contributed by atoms with van der Waals surface area (Å²) in [7, 11) is 0. The first kappa shape index (κ1) is 12.0. The summed E-state index contributed by atoms with van der Waals surface area (Å²) in [4.78, 5) is 8.57. The first-order valence-electron chi connectivity index (χ1n) is 4.66. The molecule has 12 heavy (non-hydrogen) atoms. The van der Waals surface area contributed by atoms with E-state index in [4.69, 9.17) is 4.79 Å². The van der Waals surface area contributed by atoms with Gasteiger partial charge in [0.25, 0.3) is 0 Å². The van der Waals surface area contributed by atoms with Gasteiger partial charge in [0.05, 0.1) is 0 Å². The number of carbonyl (C=O) groups is 1. The van der Waals surface area contributed by atoms with Crippen molar-refractivity contribution in [2.75, 3.05) is 0 Å². The van der Waals surface area contributed by atoms with Crippen LogP contribution in [0.15, 0.2) is 0 Å². The normalized spacial score (nSPS) is 21.6. The lowest BCUT2D eigenvalue weighted by atomic mass is 9.85. The van der Waals surface area contributed by atoms with Crippen molar-refractivity contribution in [1.82, 2.24) is 0 Å². The van der Waals surface area contributed by atoms with E-state index in [0.717, 1.165) is 0 Å². The summed E-state index contributed by atoms with van der Waals surface area (Å²) in [6.45, 7) is 4.80. The maximum atomic E-state index is 8.57. The maximum absolute atomic E-state index is 8.57. The minimum atomic E-state index is 0.222. The quantitative estimate of drug-likeness (QED) is 0.323. The third kappa shape index (κ3) is 6.66. The largest absolute Gasteiger partial charge is 0.285 e. The van der Waals surface area contributed by atoms with Gasteiger partial charge in [0, 0.05) is 0 Å². The lowest BCUT2D eigenvalue weighted by Gasteiger charge is -2.21. The standard InChI is InChI=1S/C9H18.CHClO/c1-9(2)7-5-3-4-6-8-9;2-1-3/h3-8H2,1-2H3;1H. The fourth-order valence-corrected chi connectivity index (χ4v) is 1.69. The number of carbonyl (C=O) groups excluding carboxylic acids is 1. The van der Waals surface area contributed by atoms with Gasteiger partial charge in [0.1, 0.15) is 0 Å². The summed E-state index contributed by atoms with van der Waals surface area (Å²) in [5.41, 5.74) is 0.663. The van der Waals surface area contributed by atoms with Gasteiger partial charge in [0.15, 0.2) is 0 Å². The van der Waals surface area contributed by atoms with Gasteiger partial charge in [0.2, 0.25) is 5.75 Å². The summed E-state index contributed by atoms with van der Waals surface area (Å²) in [6, 6.07) is 0. The van der Waals surface area contributed by atoms with Crippen LogP contribution in [0.25, 0.3) is 0 Å². The van der Waals surface area contributed by atoms with E-state index in [1.807, 2.05) is 0 Å². The van der Waals surface area contributed by atoms with Crippen LogP contribution in [-0.2, 0) is 4.79 Å². The summed E-state index contributed by atoms with van der Waals surface area (Å²) >= 11 is 4.32. The van der Waals surface area contributed by atoms with Crippen LogP contribution in [0.1, 0.15) is 52.4 Å². The Bertz CT molecular complexity index is 111. The van der Waals surface area contributed by atoms with Gasteiger partial charge in [-0.25, -0.2) is 0 Å². The molecule has 0 aromatic heterocycles. The molecule has 0 radical (unpaired) electrons. The molecule has 1 saturated carbocycles. The number of halogens is 1. The number of hydrogen-bond donors (Lipinski definition) is 0. The molecular weight excluding hydrogens is 172 g/mol. The Morgan fingerprint density at radius 3 is 1.75 bits per heavy atom. The van der Waals surface area contributed by atoms with E-state index in [1.165, 1.54) is 38.5 Å². The van der Waals surface area contributed by atoms with Gasteiger partial charge >= 0.3 is 0 Å². The molecule has 1 fully saturated rings. The van der Waals surface area contributed by atoms with Gasteiger partial charge < -0.3 is 0 Å². The first-order chi connectivity index (χ1) is 5.62. The molecule has 1 aliphatic carbocycles. The molecule has 0 atom stereocenters. The zero-order valence-electron chi connectivity index (χ0n) is 8.11. The Morgan fingerprint density at radius 1 is 1.08 bits per heavy atom. The third-order valence-corrected chi connectivity index (χ3v) is 2.46. The molecule has 1 rings (SSSR count). The highest BCUT2D eigenvalue weighted by molar-refractivity contribution is 6.54. The Balaban J connectivity index is 0.000000354. The van der Waals surface area contributed by atoms with E-state index in [0.29, 0.717) is 5.41 Å². The van der Waals surface area contributed by atoms with Gasteiger partial charge in [-0.3, -0.25) is 4.79 Å². The maximum Gasteiger partial charge on any atom is 0.208 e. The van der Waals surface area contributed by atoms with E-state index < -0.39 is 0 Å². The second kappa shape index (κ2) is 6.47. The molecule has 0 saturated heterocycles. The third-order valence-electron chi connectivity index (χ3n) is 2.46. The topological polar surface area (TPSA) is 17.1 Å². The molecule has 2 heteroatoms. The smallest absolute Gasteiger partial charge is 0.208 e. The fourth-order valence-electron chi connectivity index (χ4n) is 1.69. The summed E-state index contributed by atoms with van der Waals surface area (Å²) in [5.74, 6) is 0.222. The second-order valence-electron chi connectivity index (χ2n) is 4.17. The SMILES string of the molecule is CC1(C)CCCCCC1.O=CCl. The summed E-state index contributed by atoms with van der Waals surface area (Å²) in [6.07, 6.45) is 8.78. The van der Waals surface area contributed by atoms with Crippen LogP contribution in [0.5, 0.6) is 0 Å². The molecule has 0 aromatic carbocycles. The predicted octanol–water partition coefficient (Wildman–Crippen LogP) is 3.78. The minimum Gasteiger partial charge on any atom is -0.285 e. The van der Waals surface area contributed by atoms with Gasteiger partial charge in [-0.05, 0) is 29.9 Å². The van der Waals surface area contributed by atoms with E-state index >= 15 is 0 Å². The zero-order chi connectivity index (χ0) is 9.45. The van der Waals surface area contributed by atoms with Crippen molar-refractivity contribution in [3.05, 3.63) is 0 Å². The van der Waals surface area contributed by atoms with E-state index in [1.54, 1.807) is 0 Å². The second-order valence-corrected chi connectivity index (χ2v) is 4.35. The molecule has 72 valence electrons. The molecule has 0 spiro atoms. The van der Waals surface area contributed by atoms with Gasteiger partial charge in [-0.2, -0.15) is 0 Å². The molecule has 0 aliphatic heterocycles. The van der Waals surface area contributed by atoms with E-state index in [-0.39, 0.29) is 5.75 Å². The van der Waals surface area contributed by atoms with E-state index in [2.05, 4.69) is 25.4 Å². The Morgan fingerprint density at radius 2 is 1.42 bits per heavy atom. The van der Waals surface area contributed by atoms with Gasteiger partial charge in [-0.1, -0.05) is 39.5 Å². The van der Waals surface area contributed by atoms with Crippen LogP contribution in [-0.4, -0.2) is 5.75 Å². The molecule has 0 heterocycles. The highest BCUT2D eigenvalue weighted by Crippen LogP contribution is 2.33. The zero-order valence-corrected chi connectivity index (χ0v) is 8.86. The van der Waals surface area contributed by atoms with Crippen LogP contribution >= 0.6 is 11.6 Å². The van der Waals surface area contributed by atoms with E-state index in [9.17, 15) is 0 Å². The lowest BCUT2D eigenvalue weighted by Crippen LogP contribution is -2.08. The Hall–Kier alpha value is -0.0400. The molecule has 1 aliphatic rings. The molecular formula is C10H19ClO. The molecule has 1 nitrogen and oxygen atoms in total. The highest BCUT2D eigenvalue weighted by atomic mass is 35.5. The fraction of sp³-hybridized carbons (Fsp3) is 0.900. The van der Waals surface area contributed by atoms with Crippen LogP contribution in [0, 0.1) is 5.41 Å². The summed E-state index contributed by atoms with van der Waals surface area (Å²) < 4.78 is 0. The minimum absolute atomic E-state index is 0.222. The van der Waals surface area contributed by atoms with Crippen LogP contribution < -0.4 is 0 Å². The van der Waals surface area contributed by atoms with Crippen LogP contribution in [0.3, 0.4) is 0 Å². The molecule has 0 N–H and O–H groups in total. The molecule has 0 amide bonds. The Kier molecular flexibility index (Phi) is 6.45. The number of rotatable bonds is 0. The summed E-state index contributed by atoms with van der Waals surface area (Å²) in [5, 5.41) is 0. The lowest BCUT2D eigenvalue weighted by molar-refractivity contribution is 0.314. The van der Waals surface area contributed by atoms with Crippen LogP contribution in [0.2, 0.25) is 0 Å². The van der Waals surface area contributed by atoms with Crippen molar-refractivity contribution in [1.29, 1.82) is 0 Å². The molecule has 0 bridgehead atoms. The van der Waals surface area contributed by atoms with Crippen molar-refractivity contribution in [2.24, 2.45) is 5.41 Å². The van der Waals surface area contributed by atoms with Crippen molar-refractivity contribution in [3.8, 4) is 0 Å². The first-order valence-corrected chi connectivity index (χ1v) is 5.10. The van der Waals surface area contributed by atoms with Crippen molar-refractivity contribution in [2.45, 2.75) is 52.4 Å². The average Bonchev–Trinajstić information content (AvgIpc) is 2.14. The van der Waals surface area contributed by atoms with Crippen molar-refractivity contribution in [3.63, 3.8) is 0 Å². The molecule has 0 unspecified atom stereocenters. The van der Waals surface area contributed by atoms with Crippen molar-refractivity contribution < 1.29 is 4.79 Å². The van der Waals surface area contributed by atoms with Gasteiger partial charge in [-0.15, -0.1) is 0 Å². The van der Waals surface area contributed by atoms with Crippen molar-refractivity contribution >= 4 is 17.3 Å². The Labute approximate surface area is 80.5 Å². The monoisotopic (exact) mass is 190 g/mol. The number of hydrogen-bond acceptors (Lipinski definition) is 1. The predicted molar refractivity (Wildman–Crippen MR) is 54.1 cm³/mol. The highest BCUT2D eigenvalue weighted by Gasteiger charge is 2.18. The average molecular weight is 191 g/mol. The van der Waals surface area contributed by atoms with Crippen LogP contribution in [0.4, 0.5) is 0 Å². The molecule has 0 aromatic rings.